The van der Waals surface area contributed by atoms with Gasteiger partial charge in [-0.1, -0.05) is 194 Å². The van der Waals surface area contributed by atoms with Gasteiger partial charge in [0, 0.05) is 0 Å². The van der Waals surface area contributed by atoms with Crippen LogP contribution in [0.2, 0.25) is 0 Å². The minimum atomic E-state index is 0.878. The fourth-order valence-electron chi connectivity index (χ4n) is 8.02. The molecule has 4 unspecified atom stereocenters. The normalized spacial score (nSPS) is 21.0. The minimum Gasteiger partial charge on any atom is -0.0988 e. The summed E-state index contributed by atoms with van der Waals surface area (Å²) in [6.45, 7) is 17.5. The van der Waals surface area contributed by atoms with E-state index in [-0.39, 0.29) is 0 Å². The maximum absolute atomic E-state index is 4.11. The Hall–Kier alpha value is -0.520. The highest BCUT2D eigenvalue weighted by Gasteiger charge is 2.37. The first-order valence-electron chi connectivity index (χ1n) is 19.3. The van der Waals surface area contributed by atoms with E-state index in [1.807, 2.05) is 6.08 Å². The molecule has 1 saturated carbocycles. The van der Waals surface area contributed by atoms with Crippen molar-refractivity contribution in [3.8, 4) is 0 Å². The van der Waals surface area contributed by atoms with Crippen molar-refractivity contribution in [2.24, 2.45) is 29.6 Å². The molecule has 0 aliphatic heterocycles. The van der Waals surface area contributed by atoms with Crippen LogP contribution in [0.25, 0.3) is 0 Å². The maximum atomic E-state index is 4.11. The molecule has 0 saturated heterocycles. The number of hydrogen-bond acceptors (Lipinski definition) is 0. The molecule has 0 aromatic rings. The topological polar surface area (TPSA) is 0 Å². The molecule has 1 aliphatic carbocycles. The summed E-state index contributed by atoms with van der Waals surface area (Å²) in [6.07, 6.45) is 42.7. The maximum Gasteiger partial charge on any atom is -0.0285 e. The second-order valence-electron chi connectivity index (χ2n) is 14.7. The van der Waals surface area contributed by atoms with Gasteiger partial charge in [-0.05, 0) is 68.1 Å². The molecule has 1 rings (SSSR count). The van der Waals surface area contributed by atoms with E-state index in [0.29, 0.717) is 0 Å². The average molecular weight is 571 g/mol. The number of allylic oxidation sites excluding steroid dienone is 2. The third kappa shape index (κ3) is 20.1. The van der Waals surface area contributed by atoms with Crippen LogP contribution in [0.1, 0.15) is 207 Å². The van der Waals surface area contributed by atoms with Crippen molar-refractivity contribution >= 4 is 0 Å². The van der Waals surface area contributed by atoms with Crippen LogP contribution in [0.3, 0.4) is 0 Å². The summed E-state index contributed by atoms with van der Waals surface area (Å²) in [5.41, 5.74) is 1.22. The fraction of sp³-hybridized carbons (Fsp3) is 0.902. The average Bonchev–Trinajstić information content (AvgIpc) is 2.97. The monoisotopic (exact) mass is 571 g/mol. The quantitative estimate of drug-likeness (QED) is 0.0619. The molecule has 0 radical (unpaired) electrons. The number of rotatable bonds is 29. The van der Waals surface area contributed by atoms with Crippen LogP contribution in [0, 0.1) is 29.6 Å². The van der Waals surface area contributed by atoms with Crippen LogP contribution in [-0.2, 0) is 0 Å². The lowest BCUT2D eigenvalue weighted by molar-refractivity contribution is 0.0581. The highest BCUT2D eigenvalue weighted by atomic mass is 14.4. The van der Waals surface area contributed by atoms with E-state index in [0.717, 1.165) is 36.0 Å². The van der Waals surface area contributed by atoms with Gasteiger partial charge in [0.1, 0.15) is 0 Å². The van der Waals surface area contributed by atoms with Gasteiger partial charge in [0.05, 0.1) is 0 Å². The van der Waals surface area contributed by atoms with E-state index < -0.39 is 0 Å². The first kappa shape index (κ1) is 38.5. The van der Waals surface area contributed by atoms with Crippen molar-refractivity contribution in [3.05, 3.63) is 24.8 Å². The highest BCUT2D eigenvalue weighted by molar-refractivity contribution is 5.10. The Morgan fingerprint density at radius 3 is 1.41 bits per heavy atom. The van der Waals surface area contributed by atoms with Crippen LogP contribution in [-0.4, -0.2) is 0 Å². The SMILES string of the molecule is C=CC(=C)CCCCCCC1CCC(CCCCCCCC)C(CCCCCC)C1CCCCCCCCC(C)C. The summed E-state index contributed by atoms with van der Waals surface area (Å²) in [4.78, 5) is 0. The molecule has 0 aromatic heterocycles. The van der Waals surface area contributed by atoms with Crippen LogP contribution in [0.4, 0.5) is 0 Å². The molecule has 4 atom stereocenters. The van der Waals surface area contributed by atoms with Crippen molar-refractivity contribution in [1.82, 2.24) is 0 Å². The second-order valence-corrected chi connectivity index (χ2v) is 14.7. The first-order chi connectivity index (χ1) is 20.0. The largest absolute Gasteiger partial charge is 0.0988 e. The van der Waals surface area contributed by atoms with Crippen molar-refractivity contribution in [2.75, 3.05) is 0 Å². The third-order valence-electron chi connectivity index (χ3n) is 10.7. The highest BCUT2D eigenvalue weighted by Crippen LogP contribution is 2.47. The molecule has 0 bridgehead atoms. The predicted molar refractivity (Wildman–Crippen MR) is 189 cm³/mol. The summed E-state index contributed by atoms with van der Waals surface area (Å²) in [5, 5.41) is 0. The van der Waals surface area contributed by atoms with Crippen LogP contribution < -0.4 is 0 Å². The molecular weight excluding hydrogens is 492 g/mol. The van der Waals surface area contributed by atoms with Crippen molar-refractivity contribution < 1.29 is 0 Å². The van der Waals surface area contributed by atoms with Crippen molar-refractivity contribution in [3.63, 3.8) is 0 Å². The Morgan fingerprint density at radius 1 is 0.561 bits per heavy atom. The lowest BCUT2D eigenvalue weighted by atomic mass is 9.61. The summed E-state index contributed by atoms with van der Waals surface area (Å²) in [6, 6.07) is 0. The number of hydrogen-bond donors (Lipinski definition) is 0. The third-order valence-corrected chi connectivity index (χ3v) is 10.7. The Morgan fingerprint density at radius 2 is 0.951 bits per heavy atom. The van der Waals surface area contributed by atoms with Crippen molar-refractivity contribution in [1.29, 1.82) is 0 Å². The molecule has 1 fully saturated rings. The zero-order valence-electron chi connectivity index (χ0n) is 29.2. The molecule has 41 heavy (non-hydrogen) atoms. The van der Waals surface area contributed by atoms with Gasteiger partial charge >= 0.3 is 0 Å². The summed E-state index contributed by atoms with van der Waals surface area (Å²) < 4.78 is 0. The zero-order chi connectivity index (χ0) is 30.0. The molecule has 0 amide bonds. The number of unbranched alkanes of at least 4 members (excludes halogenated alkanes) is 16. The van der Waals surface area contributed by atoms with Gasteiger partial charge in [0.15, 0.2) is 0 Å². The predicted octanol–water partition coefficient (Wildman–Crippen LogP) is 14.8. The van der Waals surface area contributed by atoms with E-state index in [9.17, 15) is 0 Å². The molecular formula is C41H78. The summed E-state index contributed by atoms with van der Waals surface area (Å²) in [7, 11) is 0. The van der Waals surface area contributed by atoms with E-state index in [2.05, 4.69) is 40.9 Å². The van der Waals surface area contributed by atoms with Crippen molar-refractivity contribution in [2.45, 2.75) is 207 Å². The molecule has 0 nitrogen and oxygen atoms in total. The van der Waals surface area contributed by atoms with E-state index in [1.54, 1.807) is 25.7 Å². The lowest BCUT2D eigenvalue weighted by Gasteiger charge is -2.44. The van der Waals surface area contributed by atoms with E-state index in [4.69, 9.17) is 0 Å². The van der Waals surface area contributed by atoms with Crippen LogP contribution in [0.15, 0.2) is 24.8 Å². The first-order valence-corrected chi connectivity index (χ1v) is 19.3. The Kier molecular flexibility index (Phi) is 25.4. The molecule has 0 aromatic carbocycles. The van der Waals surface area contributed by atoms with Gasteiger partial charge in [-0.25, -0.2) is 0 Å². The summed E-state index contributed by atoms with van der Waals surface area (Å²) >= 11 is 0. The van der Waals surface area contributed by atoms with Crippen LogP contribution in [0.5, 0.6) is 0 Å². The minimum absolute atomic E-state index is 0.878. The van der Waals surface area contributed by atoms with Gasteiger partial charge in [-0.3, -0.25) is 0 Å². The summed E-state index contributed by atoms with van der Waals surface area (Å²) in [5.74, 6) is 4.98. The zero-order valence-corrected chi connectivity index (χ0v) is 29.2. The molecule has 0 spiro atoms. The Labute approximate surface area is 261 Å². The van der Waals surface area contributed by atoms with Gasteiger partial charge in [0.2, 0.25) is 0 Å². The molecule has 0 heterocycles. The van der Waals surface area contributed by atoms with Gasteiger partial charge in [0.25, 0.3) is 0 Å². The van der Waals surface area contributed by atoms with Crippen LogP contribution >= 0.6 is 0 Å². The fourth-order valence-corrected chi connectivity index (χ4v) is 8.02. The Bertz CT molecular complexity index is 585. The van der Waals surface area contributed by atoms with Gasteiger partial charge in [-0.15, -0.1) is 0 Å². The van der Waals surface area contributed by atoms with Gasteiger partial charge in [-0.2, -0.15) is 0 Å². The molecule has 242 valence electrons. The van der Waals surface area contributed by atoms with E-state index in [1.165, 1.54) is 153 Å². The van der Waals surface area contributed by atoms with Gasteiger partial charge < -0.3 is 0 Å². The second kappa shape index (κ2) is 27.1. The lowest BCUT2D eigenvalue weighted by Crippen LogP contribution is -2.35. The standard InChI is InChI=1S/C41H78/c1-7-10-12-14-18-24-30-38-34-35-39(31-25-21-20-23-29-37(6)9-3)41(40(38)32-26-13-11-8-2)33-27-19-16-15-17-22-28-36(4)5/h9,36,38-41H,3,6-8,10-35H2,1-2,4-5H3. The molecule has 0 heteroatoms. The smallest absolute Gasteiger partial charge is 0.0285 e. The Balaban J connectivity index is 2.69. The van der Waals surface area contributed by atoms with E-state index >= 15 is 0 Å². The molecule has 0 N–H and O–H groups in total. The molecule has 1 aliphatic rings.